The summed E-state index contributed by atoms with van der Waals surface area (Å²) in [6.45, 7) is 0.149. The average molecular weight is 292 g/mol. The fourth-order valence-corrected chi connectivity index (χ4v) is 2.50. The van der Waals surface area contributed by atoms with Crippen molar-refractivity contribution in [3.05, 3.63) is 47.8 Å². The van der Waals surface area contributed by atoms with Crippen molar-refractivity contribution in [1.82, 2.24) is 9.97 Å². The van der Waals surface area contributed by atoms with E-state index in [4.69, 9.17) is 0 Å². The summed E-state index contributed by atoms with van der Waals surface area (Å²) >= 11 is 0. The van der Waals surface area contributed by atoms with Gasteiger partial charge in [-0.3, -0.25) is 0 Å². The summed E-state index contributed by atoms with van der Waals surface area (Å²) in [6.07, 6.45) is 1.39. The molecule has 1 aromatic heterocycles. The third-order valence-corrected chi connectivity index (χ3v) is 3.57. The molecule has 110 valence electrons. The first-order chi connectivity index (χ1) is 10.0. The lowest BCUT2D eigenvalue weighted by molar-refractivity contribution is 0.000412. The molecular formula is C14H14F2N4O. The van der Waals surface area contributed by atoms with Gasteiger partial charge in [0.2, 0.25) is 0 Å². The lowest BCUT2D eigenvalue weighted by Gasteiger charge is -2.47. The molecule has 3 rings (SSSR count). The minimum Gasteiger partial charge on any atom is -0.381 e. The Morgan fingerprint density at radius 3 is 2.52 bits per heavy atom. The minimum atomic E-state index is -1.54. The second kappa shape index (κ2) is 4.92. The van der Waals surface area contributed by atoms with Crippen LogP contribution in [0.5, 0.6) is 0 Å². The van der Waals surface area contributed by atoms with Crippen molar-refractivity contribution in [2.24, 2.45) is 0 Å². The SMILES string of the molecule is CNc1cc(N2CC(O)(c3c(F)cccc3F)C2)ncn1. The number of aromatic nitrogens is 2. The Hall–Kier alpha value is -2.28. The van der Waals surface area contributed by atoms with E-state index in [0.29, 0.717) is 11.6 Å². The maximum Gasteiger partial charge on any atom is 0.134 e. The number of anilines is 2. The Bertz CT molecular complexity index is 654. The first-order valence-corrected chi connectivity index (χ1v) is 6.45. The van der Waals surface area contributed by atoms with Crippen LogP contribution in [0.15, 0.2) is 30.6 Å². The number of benzene rings is 1. The van der Waals surface area contributed by atoms with Crippen LogP contribution in [0.25, 0.3) is 0 Å². The molecule has 1 aliphatic rings. The van der Waals surface area contributed by atoms with Crippen LogP contribution in [-0.4, -0.2) is 35.2 Å². The van der Waals surface area contributed by atoms with Gasteiger partial charge in [-0.15, -0.1) is 0 Å². The molecule has 21 heavy (non-hydrogen) atoms. The Kier molecular flexibility index (Phi) is 3.21. The van der Waals surface area contributed by atoms with E-state index in [1.165, 1.54) is 12.4 Å². The van der Waals surface area contributed by atoms with Gasteiger partial charge >= 0.3 is 0 Å². The van der Waals surface area contributed by atoms with Gasteiger partial charge in [-0.05, 0) is 12.1 Å². The molecule has 2 aromatic rings. The summed E-state index contributed by atoms with van der Waals surface area (Å²) in [7, 11) is 1.73. The number of nitrogens with one attached hydrogen (secondary N) is 1. The molecule has 0 saturated carbocycles. The Morgan fingerprint density at radius 1 is 1.24 bits per heavy atom. The van der Waals surface area contributed by atoms with Gasteiger partial charge < -0.3 is 15.3 Å². The van der Waals surface area contributed by atoms with Crippen LogP contribution in [0.2, 0.25) is 0 Å². The zero-order valence-electron chi connectivity index (χ0n) is 11.3. The molecule has 1 aliphatic heterocycles. The molecule has 0 amide bonds. The molecule has 0 spiro atoms. The third-order valence-electron chi connectivity index (χ3n) is 3.57. The summed E-state index contributed by atoms with van der Waals surface area (Å²) in [5, 5.41) is 13.3. The van der Waals surface area contributed by atoms with Gasteiger partial charge in [-0.1, -0.05) is 6.07 Å². The van der Waals surface area contributed by atoms with E-state index in [9.17, 15) is 13.9 Å². The van der Waals surface area contributed by atoms with E-state index >= 15 is 0 Å². The van der Waals surface area contributed by atoms with Crippen molar-refractivity contribution in [3.63, 3.8) is 0 Å². The summed E-state index contributed by atoms with van der Waals surface area (Å²) in [5.41, 5.74) is -1.83. The third kappa shape index (κ3) is 2.29. The van der Waals surface area contributed by atoms with Gasteiger partial charge in [-0.2, -0.15) is 0 Å². The molecule has 1 saturated heterocycles. The normalized spacial score (nSPS) is 16.5. The first-order valence-electron chi connectivity index (χ1n) is 6.45. The molecule has 1 fully saturated rings. The summed E-state index contributed by atoms with van der Waals surface area (Å²) in [6, 6.07) is 5.26. The van der Waals surface area contributed by atoms with Crippen LogP contribution in [-0.2, 0) is 5.60 Å². The fraction of sp³-hybridized carbons (Fsp3) is 0.286. The Labute approximate surface area is 120 Å². The molecule has 5 nitrogen and oxygen atoms in total. The number of hydrogen-bond acceptors (Lipinski definition) is 5. The second-order valence-electron chi connectivity index (χ2n) is 5.00. The van der Waals surface area contributed by atoms with Crippen LogP contribution >= 0.6 is 0 Å². The highest BCUT2D eigenvalue weighted by Crippen LogP contribution is 2.37. The van der Waals surface area contributed by atoms with Crippen LogP contribution < -0.4 is 10.2 Å². The second-order valence-corrected chi connectivity index (χ2v) is 5.00. The van der Waals surface area contributed by atoms with Crippen molar-refractivity contribution < 1.29 is 13.9 Å². The zero-order chi connectivity index (χ0) is 15.0. The average Bonchev–Trinajstić information content (AvgIpc) is 2.44. The van der Waals surface area contributed by atoms with Crippen molar-refractivity contribution >= 4 is 11.6 Å². The number of hydrogen-bond donors (Lipinski definition) is 2. The zero-order valence-corrected chi connectivity index (χ0v) is 11.3. The van der Waals surface area contributed by atoms with Gasteiger partial charge in [0, 0.05) is 13.1 Å². The highest BCUT2D eigenvalue weighted by atomic mass is 19.1. The summed E-state index contributed by atoms with van der Waals surface area (Å²) < 4.78 is 27.5. The predicted octanol–water partition coefficient (Wildman–Crippen LogP) is 1.50. The molecule has 2 N–H and O–H groups in total. The Balaban J connectivity index is 1.83. The molecule has 7 heteroatoms. The lowest BCUT2D eigenvalue weighted by Crippen LogP contribution is -2.60. The summed E-state index contributed by atoms with van der Waals surface area (Å²) in [4.78, 5) is 9.81. The molecule has 0 unspecified atom stereocenters. The highest BCUT2D eigenvalue weighted by Gasteiger charge is 2.46. The Morgan fingerprint density at radius 2 is 1.90 bits per heavy atom. The molecule has 0 bridgehead atoms. The van der Waals surface area contributed by atoms with E-state index in [1.54, 1.807) is 18.0 Å². The summed E-state index contributed by atoms with van der Waals surface area (Å²) in [5.74, 6) is -0.255. The van der Waals surface area contributed by atoms with Crippen molar-refractivity contribution in [1.29, 1.82) is 0 Å². The number of aliphatic hydroxyl groups is 1. The van der Waals surface area contributed by atoms with Crippen molar-refractivity contribution in [3.8, 4) is 0 Å². The molecule has 0 radical (unpaired) electrons. The van der Waals surface area contributed by atoms with Gasteiger partial charge in [0.25, 0.3) is 0 Å². The quantitative estimate of drug-likeness (QED) is 0.898. The largest absolute Gasteiger partial charge is 0.381 e. The highest BCUT2D eigenvalue weighted by molar-refractivity contribution is 5.52. The van der Waals surface area contributed by atoms with E-state index in [-0.39, 0.29) is 18.7 Å². The smallest absolute Gasteiger partial charge is 0.134 e. The molecule has 0 atom stereocenters. The van der Waals surface area contributed by atoms with Crippen molar-refractivity contribution in [2.75, 3.05) is 30.4 Å². The molecule has 0 aliphatic carbocycles. The van der Waals surface area contributed by atoms with Crippen LogP contribution in [0.4, 0.5) is 20.4 Å². The molecular weight excluding hydrogens is 278 g/mol. The minimum absolute atomic E-state index is 0.0744. The number of halogens is 2. The van der Waals surface area contributed by atoms with E-state index in [1.807, 2.05) is 0 Å². The lowest BCUT2D eigenvalue weighted by atomic mass is 9.85. The topological polar surface area (TPSA) is 61.3 Å². The standard InChI is InChI=1S/C14H14F2N4O/c1-17-11-5-12(19-8-18-11)20-6-14(21,7-20)13-9(15)3-2-4-10(13)16/h2-5,8,21H,6-7H2,1H3,(H,17,18,19). The maximum atomic E-state index is 13.8. The van der Waals surface area contributed by atoms with Crippen molar-refractivity contribution in [2.45, 2.75) is 5.60 Å². The first kappa shape index (κ1) is 13.7. The van der Waals surface area contributed by atoms with Gasteiger partial charge in [-0.25, -0.2) is 18.7 Å². The van der Waals surface area contributed by atoms with E-state index in [2.05, 4.69) is 15.3 Å². The number of nitrogens with zero attached hydrogens (tertiary/aromatic N) is 3. The van der Waals surface area contributed by atoms with Crippen LogP contribution in [0, 0.1) is 11.6 Å². The number of rotatable bonds is 3. The van der Waals surface area contributed by atoms with E-state index < -0.39 is 17.2 Å². The van der Waals surface area contributed by atoms with E-state index in [0.717, 1.165) is 12.1 Å². The van der Waals surface area contributed by atoms with Gasteiger partial charge in [0.15, 0.2) is 0 Å². The van der Waals surface area contributed by atoms with Crippen LogP contribution in [0.1, 0.15) is 5.56 Å². The predicted molar refractivity (Wildman–Crippen MR) is 74.0 cm³/mol. The van der Waals surface area contributed by atoms with Gasteiger partial charge in [0.05, 0.1) is 18.7 Å². The number of β-amino-alcohol motifs (C(OH)–C–C–N with tert-alkyl or cyclic N) is 1. The fourth-order valence-electron chi connectivity index (χ4n) is 2.50. The monoisotopic (exact) mass is 292 g/mol. The maximum absolute atomic E-state index is 13.8. The van der Waals surface area contributed by atoms with Gasteiger partial charge in [0.1, 0.15) is 35.2 Å². The molecule has 1 aromatic carbocycles. The van der Waals surface area contributed by atoms with Crippen LogP contribution in [0.3, 0.4) is 0 Å². The molecule has 2 heterocycles.